The summed E-state index contributed by atoms with van der Waals surface area (Å²) in [5.74, 6) is -1.18. The van der Waals surface area contributed by atoms with E-state index in [1.165, 1.54) is 18.4 Å². The van der Waals surface area contributed by atoms with Crippen molar-refractivity contribution >= 4 is 39.9 Å². The molecular formula is C16H17N3O5S. The highest BCUT2D eigenvalue weighted by molar-refractivity contribution is 7.13. The van der Waals surface area contributed by atoms with Crippen LogP contribution in [0.25, 0.3) is 0 Å². The summed E-state index contributed by atoms with van der Waals surface area (Å²) < 4.78 is 5.17. The van der Waals surface area contributed by atoms with Crippen LogP contribution in [0, 0.1) is 0 Å². The van der Waals surface area contributed by atoms with Gasteiger partial charge in [0.15, 0.2) is 5.13 Å². The second-order valence-corrected chi connectivity index (χ2v) is 5.87. The number of carboxylic acids is 1. The Morgan fingerprint density at radius 1 is 1.16 bits per heavy atom. The Bertz CT molecular complexity index is 775. The topological polar surface area (TPSA) is 118 Å². The number of nitrogens with one attached hydrogen (secondary N) is 2. The monoisotopic (exact) mass is 363 g/mol. The molecule has 2 amide bonds. The number of aliphatic carboxylic acids is 1. The molecule has 2 rings (SSSR count). The molecular weight excluding hydrogens is 346 g/mol. The molecule has 0 unspecified atom stereocenters. The predicted molar refractivity (Wildman–Crippen MR) is 92.9 cm³/mol. The fourth-order valence-corrected chi connectivity index (χ4v) is 2.68. The molecule has 1 heterocycles. The highest BCUT2D eigenvalue weighted by Crippen LogP contribution is 2.23. The summed E-state index contributed by atoms with van der Waals surface area (Å²) in [6.45, 7) is 0. The van der Waals surface area contributed by atoms with Gasteiger partial charge in [-0.2, -0.15) is 0 Å². The lowest BCUT2D eigenvalue weighted by molar-refractivity contribution is -0.138. The molecule has 0 saturated carbocycles. The quantitative estimate of drug-likeness (QED) is 0.661. The Morgan fingerprint density at radius 2 is 1.92 bits per heavy atom. The molecule has 0 bridgehead atoms. The smallest absolute Gasteiger partial charge is 0.303 e. The van der Waals surface area contributed by atoms with E-state index in [9.17, 15) is 14.4 Å². The maximum atomic E-state index is 12.1. The summed E-state index contributed by atoms with van der Waals surface area (Å²) >= 11 is 1.17. The minimum absolute atomic E-state index is 0.0412. The van der Waals surface area contributed by atoms with E-state index in [0.29, 0.717) is 22.3 Å². The van der Waals surface area contributed by atoms with E-state index in [0.717, 1.165) is 0 Å². The Balaban J connectivity index is 1.89. The first-order valence-corrected chi connectivity index (χ1v) is 8.25. The number of rotatable bonds is 8. The molecule has 25 heavy (non-hydrogen) atoms. The van der Waals surface area contributed by atoms with Gasteiger partial charge in [-0.25, -0.2) is 4.98 Å². The zero-order valence-electron chi connectivity index (χ0n) is 13.4. The maximum Gasteiger partial charge on any atom is 0.303 e. The molecule has 1 aromatic carbocycles. The highest BCUT2D eigenvalue weighted by Gasteiger charge is 2.12. The molecule has 9 heteroatoms. The number of para-hydroxylation sites is 2. The van der Waals surface area contributed by atoms with Gasteiger partial charge in [0.25, 0.3) is 0 Å². The van der Waals surface area contributed by atoms with Crippen LogP contribution >= 0.6 is 11.3 Å². The fraction of sp³-hybridized carbons (Fsp3) is 0.250. The van der Waals surface area contributed by atoms with E-state index < -0.39 is 11.9 Å². The second kappa shape index (κ2) is 8.78. The predicted octanol–water partition coefficient (Wildman–Crippen LogP) is 2.14. The number of ether oxygens (including phenoxy) is 1. The van der Waals surface area contributed by atoms with Crippen molar-refractivity contribution in [3.05, 3.63) is 35.3 Å². The van der Waals surface area contributed by atoms with Gasteiger partial charge in [0.2, 0.25) is 11.8 Å². The number of methoxy groups -OCH3 is 1. The van der Waals surface area contributed by atoms with Crippen molar-refractivity contribution in [1.29, 1.82) is 0 Å². The molecule has 0 atom stereocenters. The lowest BCUT2D eigenvalue weighted by Crippen LogP contribution is -2.16. The molecule has 0 fully saturated rings. The highest BCUT2D eigenvalue weighted by atomic mass is 32.1. The number of amides is 2. The molecule has 8 nitrogen and oxygen atoms in total. The molecule has 3 N–H and O–H groups in total. The number of hydrogen-bond acceptors (Lipinski definition) is 6. The molecule has 0 aliphatic rings. The Kier molecular flexibility index (Phi) is 6.47. The normalized spacial score (nSPS) is 10.1. The first kappa shape index (κ1) is 18.4. The van der Waals surface area contributed by atoms with E-state index in [2.05, 4.69) is 15.6 Å². The maximum absolute atomic E-state index is 12.1. The average molecular weight is 363 g/mol. The van der Waals surface area contributed by atoms with Crippen molar-refractivity contribution in [1.82, 2.24) is 4.98 Å². The van der Waals surface area contributed by atoms with Crippen LogP contribution in [-0.2, 0) is 20.8 Å². The summed E-state index contributed by atoms with van der Waals surface area (Å²) in [5.41, 5.74) is 1.07. The summed E-state index contributed by atoms with van der Waals surface area (Å²) in [4.78, 5) is 38.2. The van der Waals surface area contributed by atoms with Gasteiger partial charge >= 0.3 is 5.97 Å². The molecule has 0 spiro atoms. The van der Waals surface area contributed by atoms with Crippen molar-refractivity contribution in [2.24, 2.45) is 0 Å². The third kappa shape index (κ3) is 5.88. The van der Waals surface area contributed by atoms with E-state index in [-0.39, 0.29) is 25.2 Å². The van der Waals surface area contributed by atoms with Crippen LogP contribution in [0.2, 0.25) is 0 Å². The number of nitrogens with zero attached hydrogens (tertiary/aromatic N) is 1. The number of carbonyl (C=O) groups excluding carboxylic acids is 2. The molecule has 132 valence electrons. The molecule has 0 aliphatic heterocycles. The number of aromatic nitrogens is 1. The van der Waals surface area contributed by atoms with E-state index >= 15 is 0 Å². The zero-order chi connectivity index (χ0) is 18.2. The third-order valence-corrected chi connectivity index (χ3v) is 3.89. The van der Waals surface area contributed by atoms with Gasteiger partial charge in [0.1, 0.15) is 5.75 Å². The number of thiazole rings is 1. The first-order valence-electron chi connectivity index (χ1n) is 7.37. The van der Waals surface area contributed by atoms with Crippen LogP contribution in [0.5, 0.6) is 5.75 Å². The van der Waals surface area contributed by atoms with Crippen LogP contribution in [0.1, 0.15) is 18.5 Å². The van der Waals surface area contributed by atoms with Crippen LogP contribution in [-0.4, -0.2) is 35.0 Å². The molecule has 0 aliphatic carbocycles. The van der Waals surface area contributed by atoms with Crippen molar-refractivity contribution in [2.45, 2.75) is 19.3 Å². The van der Waals surface area contributed by atoms with Crippen LogP contribution in [0.15, 0.2) is 29.6 Å². The van der Waals surface area contributed by atoms with Gasteiger partial charge in [0.05, 0.1) is 31.3 Å². The van der Waals surface area contributed by atoms with Crippen molar-refractivity contribution in [2.75, 3.05) is 17.7 Å². The molecule has 0 saturated heterocycles. The van der Waals surface area contributed by atoms with E-state index in [1.54, 1.807) is 29.6 Å². The van der Waals surface area contributed by atoms with Gasteiger partial charge in [0, 0.05) is 11.8 Å². The first-order chi connectivity index (χ1) is 12.0. The number of anilines is 2. The average Bonchev–Trinajstić information content (AvgIpc) is 3.00. The van der Waals surface area contributed by atoms with Crippen LogP contribution in [0.3, 0.4) is 0 Å². The Labute approximate surface area is 147 Å². The summed E-state index contributed by atoms with van der Waals surface area (Å²) in [5, 5.41) is 15.8. The standard InChI is InChI=1S/C16H17N3O5S/c1-24-12-5-3-2-4-11(12)18-14(21)8-10-9-25-16(17-10)19-13(20)6-7-15(22)23/h2-5,9H,6-8H2,1H3,(H,18,21)(H,22,23)(H,17,19,20). The number of carboxylic acid groups (broad SMARTS) is 1. The number of benzene rings is 1. The summed E-state index contributed by atoms with van der Waals surface area (Å²) in [6, 6.07) is 7.05. The largest absolute Gasteiger partial charge is 0.495 e. The number of carbonyl (C=O) groups is 3. The summed E-state index contributed by atoms with van der Waals surface area (Å²) in [6.07, 6.45) is -0.330. The van der Waals surface area contributed by atoms with Gasteiger partial charge in [-0.15, -0.1) is 11.3 Å². The number of hydrogen-bond donors (Lipinski definition) is 3. The molecule has 1 aromatic heterocycles. The Hall–Kier alpha value is -2.94. The van der Waals surface area contributed by atoms with Gasteiger partial charge < -0.3 is 20.5 Å². The van der Waals surface area contributed by atoms with Crippen molar-refractivity contribution in [3.8, 4) is 5.75 Å². The molecule has 2 aromatic rings. The van der Waals surface area contributed by atoms with Crippen molar-refractivity contribution in [3.63, 3.8) is 0 Å². The van der Waals surface area contributed by atoms with Crippen molar-refractivity contribution < 1.29 is 24.2 Å². The second-order valence-electron chi connectivity index (χ2n) is 5.01. The van der Waals surface area contributed by atoms with Gasteiger partial charge in [-0.05, 0) is 12.1 Å². The Morgan fingerprint density at radius 3 is 2.64 bits per heavy atom. The van der Waals surface area contributed by atoms with Gasteiger partial charge in [-0.1, -0.05) is 12.1 Å². The third-order valence-electron chi connectivity index (χ3n) is 3.09. The fourth-order valence-electron chi connectivity index (χ4n) is 1.95. The minimum Gasteiger partial charge on any atom is -0.495 e. The van der Waals surface area contributed by atoms with Crippen LogP contribution in [0.4, 0.5) is 10.8 Å². The van der Waals surface area contributed by atoms with E-state index in [4.69, 9.17) is 9.84 Å². The van der Waals surface area contributed by atoms with E-state index in [1.807, 2.05) is 0 Å². The SMILES string of the molecule is COc1ccccc1NC(=O)Cc1csc(NC(=O)CCC(=O)O)n1. The summed E-state index contributed by atoms with van der Waals surface area (Å²) in [7, 11) is 1.52. The van der Waals surface area contributed by atoms with Gasteiger partial charge in [-0.3, -0.25) is 14.4 Å². The van der Waals surface area contributed by atoms with Crippen LogP contribution < -0.4 is 15.4 Å². The minimum atomic E-state index is -1.04. The lowest BCUT2D eigenvalue weighted by Gasteiger charge is -2.08. The molecule has 0 radical (unpaired) electrons. The lowest BCUT2D eigenvalue weighted by atomic mass is 10.2. The zero-order valence-corrected chi connectivity index (χ0v) is 14.3.